The molecule has 26 heavy (non-hydrogen) atoms. The highest BCUT2D eigenvalue weighted by Gasteiger charge is 2.29. The fourth-order valence-corrected chi connectivity index (χ4v) is 3.48. The monoisotopic (exact) mass is 353 g/mol. The van der Waals surface area contributed by atoms with E-state index in [1.165, 1.54) is 5.56 Å². The molecule has 1 fully saturated rings. The van der Waals surface area contributed by atoms with E-state index in [2.05, 4.69) is 21.7 Å². The quantitative estimate of drug-likeness (QED) is 0.772. The van der Waals surface area contributed by atoms with Gasteiger partial charge in [0, 0.05) is 37.4 Å². The number of pyridine rings is 1. The van der Waals surface area contributed by atoms with E-state index in [4.69, 9.17) is 0 Å². The number of aldehydes is 1. The number of likely N-dealkylation sites (N-methyl/N-ethyl adjacent to an activating group) is 1. The Balaban J connectivity index is 1.70. The van der Waals surface area contributed by atoms with Gasteiger partial charge in [-0.2, -0.15) is 0 Å². The van der Waals surface area contributed by atoms with Crippen LogP contribution >= 0.6 is 0 Å². The van der Waals surface area contributed by atoms with Crippen molar-refractivity contribution >= 4 is 18.1 Å². The number of nitrogens with zero attached hydrogens (tertiary/aromatic N) is 3. The summed E-state index contributed by atoms with van der Waals surface area (Å²) in [6.45, 7) is 5.40. The van der Waals surface area contributed by atoms with Gasteiger partial charge >= 0.3 is 5.97 Å². The summed E-state index contributed by atoms with van der Waals surface area (Å²) in [6.07, 6.45) is 3.46. The molecule has 1 aromatic heterocycles. The van der Waals surface area contributed by atoms with Crippen LogP contribution in [0.1, 0.15) is 39.6 Å². The molecule has 6 nitrogen and oxygen atoms in total. The van der Waals surface area contributed by atoms with Gasteiger partial charge in [-0.3, -0.25) is 9.69 Å². The van der Waals surface area contributed by atoms with Crippen molar-refractivity contribution in [1.29, 1.82) is 0 Å². The summed E-state index contributed by atoms with van der Waals surface area (Å²) >= 11 is 0. The second kappa shape index (κ2) is 8.10. The number of hydrogen-bond acceptors (Lipinski definition) is 5. The van der Waals surface area contributed by atoms with Crippen LogP contribution in [0.3, 0.4) is 0 Å². The SMILES string of the molecule is CCN(Cc1ccc(C=O)cc1)[C@@H]1CCN(c2ncccc2C(=O)O)C1. The van der Waals surface area contributed by atoms with Crippen LogP contribution in [-0.4, -0.2) is 52.9 Å². The van der Waals surface area contributed by atoms with Gasteiger partial charge in [-0.1, -0.05) is 31.2 Å². The van der Waals surface area contributed by atoms with Gasteiger partial charge < -0.3 is 10.0 Å². The number of carboxylic acids is 1. The van der Waals surface area contributed by atoms with E-state index in [-0.39, 0.29) is 5.56 Å². The molecule has 0 amide bonds. The molecule has 136 valence electrons. The van der Waals surface area contributed by atoms with E-state index in [9.17, 15) is 14.7 Å². The molecule has 2 aromatic rings. The van der Waals surface area contributed by atoms with Crippen LogP contribution in [0.25, 0.3) is 0 Å². The van der Waals surface area contributed by atoms with Crippen LogP contribution in [0.5, 0.6) is 0 Å². The maximum Gasteiger partial charge on any atom is 0.339 e. The summed E-state index contributed by atoms with van der Waals surface area (Å²) in [7, 11) is 0. The predicted octanol–water partition coefficient (Wildman–Crippen LogP) is 2.69. The third kappa shape index (κ3) is 3.91. The molecule has 0 spiro atoms. The van der Waals surface area contributed by atoms with Crippen LogP contribution in [0.15, 0.2) is 42.6 Å². The molecule has 1 atom stereocenters. The van der Waals surface area contributed by atoms with Gasteiger partial charge in [0.15, 0.2) is 0 Å². The highest BCUT2D eigenvalue weighted by Crippen LogP contribution is 2.25. The normalized spacial score (nSPS) is 16.8. The number of rotatable bonds is 7. The molecule has 0 bridgehead atoms. The molecular weight excluding hydrogens is 330 g/mol. The molecule has 1 aliphatic rings. The Bertz CT molecular complexity index is 776. The first kappa shape index (κ1) is 18.1. The molecule has 0 unspecified atom stereocenters. The van der Waals surface area contributed by atoms with E-state index < -0.39 is 5.97 Å². The average molecular weight is 353 g/mol. The van der Waals surface area contributed by atoms with Gasteiger partial charge in [-0.15, -0.1) is 0 Å². The molecule has 1 saturated heterocycles. The van der Waals surface area contributed by atoms with Gasteiger partial charge in [0.05, 0.1) is 0 Å². The third-order valence-electron chi connectivity index (χ3n) is 4.90. The van der Waals surface area contributed by atoms with E-state index >= 15 is 0 Å². The Morgan fingerprint density at radius 2 is 2.12 bits per heavy atom. The van der Waals surface area contributed by atoms with Gasteiger partial charge in [-0.25, -0.2) is 9.78 Å². The lowest BCUT2D eigenvalue weighted by Crippen LogP contribution is -2.37. The summed E-state index contributed by atoms with van der Waals surface area (Å²) in [5, 5.41) is 9.38. The van der Waals surface area contributed by atoms with Gasteiger partial charge in [0.1, 0.15) is 17.7 Å². The van der Waals surface area contributed by atoms with Crippen molar-refractivity contribution in [3.63, 3.8) is 0 Å². The molecule has 2 heterocycles. The lowest BCUT2D eigenvalue weighted by molar-refractivity contribution is 0.0697. The van der Waals surface area contributed by atoms with Crippen molar-refractivity contribution in [3.8, 4) is 0 Å². The summed E-state index contributed by atoms with van der Waals surface area (Å²) in [5.41, 5.74) is 2.10. The number of anilines is 1. The first-order chi connectivity index (χ1) is 12.6. The van der Waals surface area contributed by atoms with Crippen molar-refractivity contribution in [3.05, 3.63) is 59.3 Å². The smallest absolute Gasteiger partial charge is 0.339 e. The molecular formula is C20H23N3O3. The van der Waals surface area contributed by atoms with Crippen molar-refractivity contribution in [2.45, 2.75) is 25.9 Å². The molecule has 1 N–H and O–H groups in total. The van der Waals surface area contributed by atoms with Gasteiger partial charge in [0.25, 0.3) is 0 Å². The topological polar surface area (TPSA) is 73.7 Å². The first-order valence-electron chi connectivity index (χ1n) is 8.83. The van der Waals surface area contributed by atoms with Crippen LogP contribution in [0, 0.1) is 0 Å². The highest BCUT2D eigenvalue weighted by atomic mass is 16.4. The summed E-state index contributed by atoms with van der Waals surface area (Å²) in [5.74, 6) is -0.395. The Morgan fingerprint density at radius 3 is 2.77 bits per heavy atom. The zero-order valence-electron chi connectivity index (χ0n) is 14.8. The largest absolute Gasteiger partial charge is 0.478 e. The summed E-state index contributed by atoms with van der Waals surface area (Å²) < 4.78 is 0. The second-order valence-corrected chi connectivity index (χ2v) is 6.49. The lowest BCUT2D eigenvalue weighted by Gasteiger charge is -2.28. The van der Waals surface area contributed by atoms with E-state index in [0.29, 0.717) is 17.4 Å². The molecule has 0 saturated carbocycles. The number of carbonyl (C=O) groups excluding carboxylic acids is 1. The van der Waals surface area contributed by atoms with Crippen molar-refractivity contribution in [2.24, 2.45) is 0 Å². The van der Waals surface area contributed by atoms with Crippen LogP contribution < -0.4 is 4.90 Å². The van der Waals surface area contributed by atoms with E-state index in [1.54, 1.807) is 18.3 Å². The Labute approximate surface area is 153 Å². The van der Waals surface area contributed by atoms with Gasteiger partial charge in [-0.05, 0) is 30.7 Å². The van der Waals surface area contributed by atoms with Crippen LogP contribution in [0.4, 0.5) is 5.82 Å². The Kier molecular flexibility index (Phi) is 5.63. The zero-order valence-corrected chi connectivity index (χ0v) is 14.8. The number of carbonyl (C=O) groups is 2. The first-order valence-corrected chi connectivity index (χ1v) is 8.83. The third-order valence-corrected chi connectivity index (χ3v) is 4.90. The van der Waals surface area contributed by atoms with Crippen molar-refractivity contribution in [1.82, 2.24) is 9.88 Å². The highest BCUT2D eigenvalue weighted by molar-refractivity contribution is 5.93. The number of aromatic nitrogens is 1. The maximum atomic E-state index is 11.4. The molecule has 1 aromatic carbocycles. The standard InChI is InChI=1S/C20H23N3O3/c1-2-22(12-15-5-7-16(14-24)8-6-15)17-9-11-23(13-17)19-18(20(25)26)4-3-10-21-19/h3-8,10,14,17H,2,9,11-13H2,1H3,(H,25,26)/t17-/m1/s1. The maximum absolute atomic E-state index is 11.4. The lowest BCUT2D eigenvalue weighted by atomic mass is 10.1. The fraction of sp³-hybridized carbons (Fsp3) is 0.350. The predicted molar refractivity (Wildman–Crippen MR) is 99.7 cm³/mol. The summed E-state index contributed by atoms with van der Waals surface area (Å²) in [4.78, 5) is 31.0. The number of carboxylic acid groups (broad SMARTS) is 1. The molecule has 0 aliphatic carbocycles. The second-order valence-electron chi connectivity index (χ2n) is 6.49. The van der Waals surface area contributed by atoms with Crippen molar-refractivity contribution in [2.75, 3.05) is 24.5 Å². The number of aromatic carboxylic acids is 1. The van der Waals surface area contributed by atoms with Gasteiger partial charge in [0.2, 0.25) is 0 Å². The van der Waals surface area contributed by atoms with Crippen LogP contribution in [0.2, 0.25) is 0 Å². The molecule has 0 radical (unpaired) electrons. The van der Waals surface area contributed by atoms with Crippen molar-refractivity contribution < 1.29 is 14.7 Å². The average Bonchev–Trinajstić information content (AvgIpc) is 3.16. The number of hydrogen-bond donors (Lipinski definition) is 1. The fourth-order valence-electron chi connectivity index (χ4n) is 3.48. The van der Waals surface area contributed by atoms with Crippen LogP contribution in [-0.2, 0) is 6.54 Å². The zero-order chi connectivity index (χ0) is 18.5. The molecule has 3 rings (SSSR count). The Hall–Kier alpha value is -2.73. The summed E-state index contributed by atoms with van der Waals surface area (Å²) in [6, 6.07) is 11.2. The van der Waals surface area contributed by atoms with E-state index in [0.717, 1.165) is 38.9 Å². The minimum Gasteiger partial charge on any atom is -0.478 e. The number of benzene rings is 1. The molecule has 6 heteroatoms. The minimum absolute atomic E-state index is 0.251. The minimum atomic E-state index is -0.945. The Morgan fingerprint density at radius 1 is 1.35 bits per heavy atom. The molecule has 1 aliphatic heterocycles. The van der Waals surface area contributed by atoms with E-state index in [1.807, 2.05) is 24.3 Å².